The van der Waals surface area contributed by atoms with Crippen molar-refractivity contribution in [1.82, 2.24) is 9.78 Å². The van der Waals surface area contributed by atoms with Gasteiger partial charge in [0.25, 0.3) is 0 Å². The molecule has 20 heavy (non-hydrogen) atoms. The molecular weight excluding hydrogens is 257 g/mol. The molecule has 0 aliphatic heterocycles. The molecule has 104 valence electrons. The summed E-state index contributed by atoms with van der Waals surface area (Å²) in [4.78, 5) is 12.5. The summed E-state index contributed by atoms with van der Waals surface area (Å²) in [6, 6.07) is 6.50. The number of anilines is 1. The average Bonchev–Trinajstić information content (AvgIpc) is 3.13. The van der Waals surface area contributed by atoms with Crippen LogP contribution >= 0.6 is 0 Å². The van der Waals surface area contributed by atoms with E-state index in [-0.39, 0.29) is 11.7 Å². The number of carbonyl (C=O) groups excluding carboxylic acids is 1. The summed E-state index contributed by atoms with van der Waals surface area (Å²) in [5.74, 6) is -0.471. The molecule has 0 bridgehead atoms. The molecule has 1 aromatic heterocycles. The number of halogens is 1. The molecule has 1 aliphatic carbocycles. The first-order chi connectivity index (χ1) is 9.53. The van der Waals surface area contributed by atoms with E-state index in [1.165, 1.54) is 6.07 Å². The minimum Gasteiger partial charge on any atom is -0.322 e. The van der Waals surface area contributed by atoms with Crippen molar-refractivity contribution in [2.75, 3.05) is 5.32 Å². The SMILES string of the molecule is Cc1nn(C)cc1NC(=O)C1(c2ccccc2F)CC1. The van der Waals surface area contributed by atoms with E-state index in [0.717, 1.165) is 5.69 Å². The fourth-order valence-electron chi connectivity index (χ4n) is 2.56. The number of nitrogens with one attached hydrogen (secondary N) is 1. The lowest BCUT2D eigenvalue weighted by Crippen LogP contribution is -2.28. The highest BCUT2D eigenvalue weighted by molar-refractivity contribution is 6.01. The van der Waals surface area contributed by atoms with Crippen molar-refractivity contribution in [3.63, 3.8) is 0 Å². The van der Waals surface area contributed by atoms with Gasteiger partial charge in [-0.15, -0.1) is 0 Å². The molecule has 5 heteroatoms. The Labute approximate surface area is 116 Å². The molecule has 0 atom stereocenters. The van der Waals surface area contributed by atoms with Crippen molar-refractivity contribution in [2.45, 2.75) is 25.2 Å². The van der Waals surface area contributed by atoms with Gasteiger partial charge in [-0.25, -0.2) is 4.39 Å². The fourth-order valence-corrected chi connectivity index (χ4v) is 2.56. The zero-order chi connectivity index (χ0) is 14.3. The smallest absolute Gasteiger partial charge is 0.235 e. The monoisotopic (exact) mass is 273 g/mol. The Bertz CT molecular complexity index is 674. The third-order valence-electron chi connectivity index (χ3n) is 3.84. The van der Waals surface area contributed by atoms with Gasteiger partial charge in [0.05, 0.1) is 16.8 Å². The molecule has 1 fully saturated rings. The first-order valence-electron chi connectivity index (χ1n) is 6.60. The van der Waals surface area contributed by atoms with Crippen LogP contribution in [0.1, 0.15) is 24.1 Å². The standard InChI is InChI=1S/C15H16FN3O/c1-10-13(9-19(2)18-10)17-14(20)15(7-8-15)11-5-3-4-6-12(11)16/h3-6,9H,7-8H2,1-2H3,(H,17,20). The molecule has 1 heterocycles. The van der Waals surface area contributed by atoms with Crippen LogP contribution in [0, 0.1) is 12.7 Å². The van der Waals surface area contributed by atoms with Gasteiger partial charge in [0.2, 0.25) is 5.91 Å². The van der Waals surface area contributed by atoms with Crippen LogP contribution in [0.4, 0.5) is 10.1 Å². The second-order valence-electron chi connectivity index (χ2n) is 5.32. The van der Waals surface area contributed by atoms with Gasteiger partial charge in [-0.05, 0) is 25.8 Å². The minimum atomic E-state index is -0.715. The summed E-state index contributed by atoms with van der Waals surface area (Å²) in [6.45, 7) is 1.83. The number of carbonyl (C=O) groups is 1. The summed E-state index contributed by atoms with van der Waals surface area (Å²) in [5.41, 5.74) is 1.21. The van der Waals surface area contributed by atoms with Crippen LogP contribution in [0.2, 0.25) is 0 Å². The van der Waals surface area contributed by atoms with Gasteiger partial charge >= 0.3 is 0 Å². The second kappa shape index (κ2) is 4.44. The third-order valence-corrected chi connectivity index (χ3v) is 3.84. The zero-order valence-corrected chi connectivity index (χ0v) is 11.5. The van der Waals surface area contributed by atoms with Crippen LogP contribution in [0.15, 0.2) is 30.5 Å². The number of aromatic nitrogens is 2. The van der Waals surface area contributed by atoms with Crippen molar-refractivity contribution in [3.05, 3.63) is 47.5 Å². The maximum Gasteiger partial charge on any atom is 0.235 e. The fraction of sp³-hybridized carbons (Fsp3) is 0.333. The van der Waals surface area contributed by atoms with E-state index in [4.69, 9.17) is 0 Å². The Kier molecular flexibility index (Phi) is 2.85. The normalized spacial score (nSPS) is 15.9. The van der Waals surface area contributed by atoms with Gasteiger partial charge in [-0.1, -0.05) is 18.2 Å². The van der Waals surface area contributed by atoms with Crippen molar-refractivity contribution < 1.29 is 9.18 Å². The van der Waals surface area contributed by atoms with Crippen LogP contribution in [-0.2, 0) is 17.3 Å². The third kappa shape index (κ3) is 1.99. The molecule has 0 unspecified atom stereocenters. The van der Waals surface area contributed by atoms with E-state index in [0.29, 0.717) is 24.1 Å². The predicted molar refractivity (Wildman–Crippen MR) is 73.9 cm³/mol. The molecule has 0 saturated heterocycles. The maximum atomic E-state index is 13.9. The van der Waals surface area contributed by atoms with Crippen LogP contribution < -0.4 is 5.32 Å². The van der Waals surface area contributed by atoms with E-state index >= 15 is 0 Å². The molecule has 1 aromatic carbocycles. The van der Waals surface area contributed by atoms with E-state index < -0.39 is 5.41 Å². The van der Waals surface area contributed by atoms with Gasteiger partial charge in [-0.3, -0.25) is 9.48 Å². The Morgan fingerprint density at radius 3 is 2.65 bits per heavy atom. The average molecular weight is 273 g/mol. The quantitative estimate of drug-likeness (QED) is 0.934. The highest BCUT2D eigenvalue weighted by Gasteiger charge is 2.52. The molecule has 3 rings (SSSR count). The van der Waals surface area contributed by atoms with Gasteiger partial charge in [0, 0.05) is 18.8 Å². The molecule has 4 nitrogen and oxygen atoms in total. The highest BCUT2D eigenvalue weighted by Crippen LogP contribution is 2.49. The Hall–Kier alpha value is -2.17. The summed E-state index contributed by atoms with van der Waals surface area (Å²) in [6.07, 6.45) is 3.11. The van der Waals surface area contributed by atoms with Gasteiger partial charge in [0.15, 0.2) is 0 Å². The molecule has 0 radical (unpaired) electrons. The molecule has 1 amide bonds. The molecule has 1 aliphatic rings. The van der Waals surface area contributed by atoms with Gasteiger partial charge < -0.3 is 5.32 Å². The molecular formula is C15H16FN3O. The number of amides is 1. The Balaban J connectivity index is 1.88. The van der Waals surface area contributed by atoms with Crippen LogP contribution in [0.3, 0.4) is 0 Å². The second-order valence-corrected chi connectivity index (χ2v) is 5.32. The van der Waals surface area contributed by atoms with Crippen molar-refractivity contribution >= 4 is 11.6 Å². The predicted octanol–water partition coefficient (Wildman–Crippen LogP) is 2.54. The van der Waals surface area contributed by atoms with E-state index in [2.05, 4.69) is 10.4 Å². The molecule has 2 aromatic rings. The molecule has 1 saturated carbocycles. The lowest BCUT2D eigenvalue weighted by molar-refractivity contribution is -0.118. The van der Waals surface area contributed by atoms with Gasteiger partial charge in [0.1, 0.15) is 5.82 Å². The topological polar surface area (TPSA) is 46.9 Å². The van der Waals surface area contributed by atoms with E-state index in [9.17, 15) is 9.18 Å². The Morgan fingerprint density at radius 2 is 2.10 bits per heavy atom. The lowest BCUT2D eigenvalue weighted by atomic mass is 9.94. The van der Waals surface area contributed by atoms with Crippen molar-refractivity contribution in [2.24, 2.45) is 7.05 Å². The number of nitrogens with zero attached hydrogens (tertiary/aromatic N) is 2. The first-order valence-corrected chi connectivity index (χ1v) is 6.60. The van der Waals surface area contributed by atoms with E-state index in [1.807, 2.05) is 6.92 Å². The number of aryl methyl sites for hydroxylation is 2. The summed E-state index contributed by atoms with van der Waals surface area (Å²) < 4.78 is 15.6. The number of benzene rings is 1. The van der Waals surface area contributed by atoms with E-state index in [1.54, 1.807) is 36.1 Å². The van der Waals surface area contributed by atoms with Gasteiger partial charge in [-0.2, -0.15) is 5.10 Å². The maximum absolute atomic E-state index is 13.9. The highest BCUT2D eigenvalue weighted by atomic mass is 19.1. The summed E-state index contributed by atoms with van der Waals surface area (Å²) in [7, 11) is 1.80. The number of hydrogen-bond acceptors (Lipinski definition) is 2. The van der Waals surface area contributed by atoms with Crippen LogP contribution in [-0.4, -0.2) is 15.7 Å². The zero-order valence-electron chi connectivity index (χ0n) is 11.5. The largest absolute Gasteiger partial charge is 0.322 e. The number of rotatable bonds is 3. The number of hydrogen-bond donors (Lipinski definition) is 1. The van der Waals surface area contributed by atoms with Crippen LogP contribution in [0.5, 0.6) is 0 Å². The lowest BCUT2D eigenvalue weighted by Gasteiger charge is -2.16. The van der Waals surface area contributed by atoms with Crippen molar-refractivity contribution in [1.29, 1.82) is 0 Å². The molecule has 1 N–H and O–H groups in total. The Morgan fingerprint density at radius 1 is 1.40 bits per heavy atom. The first kappa shape index (κ1) is 12.8. The molecule has 0 spiro atoms. The van der Waals surface area contributed by atoms with Crippen LogP contribution in [0.25, 0.3) is 0 Å². The van der Waals surface area contributed by atoms with Crippen molar-refractivity contribution in [3.8, 4) is 0 Å². The summed E-state index contributed by atoms with van der Waals surface area (Å²) in [5, 5.41) is 7.06. The summed E-state index contributed by atoms with van der Waals surface area (Å²) >= 11 is 0. The minimum absolute atomic E-state index is 0.154.